The lowest BCUT2D eigenvalue weighted by atomic mass is 10.5. The summed E-state index contributed by atoms with van der Waals surface area (Å²) in [4.78, 5) is 10.0. The first kappa shape index (κ1) is 9.67. The number of anilines is 1. The molecule has 0 saturated heterocycles. The Kier molecular flexibility index (Phi) is 3.92. The molecule has 0 fully saturated rings. The zero-order valence-electron chi connectivity index (χ0n) is 7.68. The van der Waals surface area contributed by atoms with E-state index in [1.165, 1.54) is 0 Å². The number of methoxy groups -OCH3 is 1. The molecule has 4 nitrogen and oxygen atoms in total. The Hall–Kier alpha value is -1.42. The molecule has 0 radical (unpaired) electrons. The minimum atomic E-state index is 0.629. The van der Waals surface area contributed by atoms with E-state index < -0.39 is 0 Å². The number of hydrogen-bond donors (Lipinski definition) is 0. The molecule has 0 aromatic carbocycles. The highest BCUT2D eigenvalue weighted by Gasteiger charge is 2.02. The van der Waals surface area contributed by atoms with Crippen molar-refractivity contribution in [2.75, 3.05) is 25.2 Å². The quantitative estimate of drug-likeness (QED) is 0.677. The highest BCUT2D eigenvalue weighted by Crippen LogP contribution is 2.03. The normalized spacial score (nSPS) is 9.62. The average molecular weight is 179 g/mol. The molecule has 0 spiro atoms. The highest BCUT2D eigenvalue weighted by atomic mass is 16.5. The number of nitrogens with zero attached hydrogens (tertiary/aromatic N) is 3. The molecule has 1 rings (SSSR count). The molecule has 0 N–H and O–H groups in total. The van der Waals surface area contributed by atoms with Gasteiger partial charge in [-0.2, -0.15) is 0 Å². The van der Waals surface area contributed by atoms with Crippen molar-refractivity contribution < 1.29 is 4.74 Å². The third kappa shape index (κ3) is 2.83. The molecule has 1 heterocycles. The largest absolute Gasteiger partial charge is 0.383 e. The summed E-state index contributed by atoms with van der Waals surface area (Å²) in [7, 11) is 1.66. The van der Waals surface area contributed by atoms with Gasteiger partial charge in [-0.1, -0.05) is 6.58 Å². The fourth-order valence-electron chi connectivity index (χ4n) is 0.902. The van der Waals surface area contributed by atoms with Gasteiger partial charge in [0.25, 0.3) is 0 Å². The number of aromatic nitrogens is 2. The number of hydrogen-bond acceptors (Lipinski definition) is 4. The lowest BCUT2D eigenvalue weighted by molar-refractivity contribution is 0.207. The highest BCUT2D eigenvalue weighted by molar-refractivity contribution is 5.32. The molecular formula is C9H13N3O. The molecule has 0 bridgehead atoms. The third-order valence-corrected chi connectivity index (χ3v) is 1.57. The predicted molar refractivity (Wildman–Crippen MR) is 51.5 cm³/mol. The fourth-order valence-corrected chi connectivity index (χ4v) is 0.902. The Morgan fingerprint density at radius 3 is 2.77 bits per heavy atom. The standard InChI is InChI=1S/C9H13N3O/c1-3-12(7-8-13-2)9-10-5-4-6-11-9/h3-6H,1,7-8H2,2H3. The van der Waals surface area contributed by atoms with Gasteiger partial charge in [0.1, 0.15) is 0 Å². The van der Waals surface area contributed by atoms with E-state index in [0.717, 1.165) is 0 Å². The summed E-state index contributed by atoms with van der Waals surface area (Å²) < 4.78 is 4.95. The molecule has 0 amide bonds. The summed E-state index contributed by atoms with van der Waals surface area (Å²) in [6, 6.07) is 1.78. The Labute approximate surface area is 77.9 Å². The van der Waals surface area contributed by atoms with Crippen LogP contribution in [0, 0.1) is 0 Å². The zero-order chi connectivity index (χ0) is 9.52. The van der Waals surface area contributed by atoms with E-state index in [9.17, 15) is 0 Å². The van der Waals surface area contributed by atoms with Crippen LogP contribution in [0.4, 0.5) is 5.95 Å². The van der Waals surface area contributed by atoms with Gasteiger partial charge in [0.15, 0.2) is 0 Å². The van der Waals surface area contributed by atoms with Crippen LogP contribution in [0.3, 0.4) is 0 Å². The molecule has 0 atom stereocenters. The molecule has 0 aliphatic carbocycles. The van der Waals surface area contributed by atoms with Gasteiger partial charge in [-0.15, -0.1) is 0 Å². The molecule has 0 saturated carbocycles. The minimum Gasteiger partial charge on any atom is -0.383 e. The van der Waals surface area contributed by atoms with Gasteiger partial charge in [0.2, 0.25) is 5.95 Å². The maximum absolute atomic E-state index is 4.95. The summed E-state index contributed by atoms with van der Waals surface area (Å²) in [5.41, 5.74) is 0. The van der Waals surface area contributed by atoms with Crippen molar-refractivity contribution >= 4 is 5.95 Å². The summed E-state index contributed by atoms with van der Waals surface area (Å²) in [5, 5.41) is 0. The SMILES string of the molecule is C=CN(CCOC)c1ncccn1. The Morgan fingerprint density at radius 1 is 1.54 bits per heavy atom. The second-order valence-electron chi connectivity index (χ2n) is 2.42. The van der Waals surface area contributed by atoms with Crippen LogP contribution in [0.1, 0.15) is 0 Å². The van der Waals surface area contributed by atoms with Crippen LogP contribution < -0.4 is 4.90 Å². The molecule has 0 unspecified atom stereocenters. The van der Waals surface area contributed by atoms with Crippen molar-refractivity contribution in [1.82, 2.24) is 9.97 Å². The van der Waals surface area contributed by atoms with Crippen molar-refractivity contribution in [3.8, 4) is 0 Å². The Bertz CT molecular complexity index is 250. The topological polar surface area (TPSA) is 38.2 Å². The van der Waals surface area contributed by atoms with Gasteiger partial charge < -0.3 is 9.64 Å². The first-order valence-electron chi connectivity index (χ1n) is 4.03. The monoisotopic (exact) mass is 179 g/mol. The van der Waals surface area contributed by atoms with Gasteiger partial charge in [-0.05, 0) is 12.3 Å². The molecule has 0 aliphatic heterocycles. The van der Waals surface area contributed by atoms with Crippen molar-refractivity contribution in [3.05, 3.63) is 31.2 Å². The first-order chi connectivity index (χ1) is 6.38. The van der Waals surface area contributed by atoms with E-state index in [1.54, 1.807) is 31.8 Å². The van der Waals surface area contributed by atoms with Crippen molar-refractivity contribution in [2.45, 2.75) is 0 Å². The van der Waals surface area contributed by atoms with E-state index >= 15 is 0 Å². The third-order valence-electron chi connectivity index (χ3n) is 1.57. The van der Waals surface area contributed by atoms with Crippen molar-refractivity contribution in [1.29, 1.82) is 0 Å². The number of ether oxygens (including phenoxy) is 1. The fraction of sp³-hybridized carbons (Fsp3) is 0.333. The van der Waals surface area contributed by atoms with E-state index in [1.807, 2.05) is 4.90 Å². The maximum atomic E-state index is 4.95. The first-order valence-corrected chi connectivity index (χ1v) is 4.03. The second kappa shape index (κ2) is 5.27. The summed E-state index contributed by atoms with van der Waals surface area (Å²) >= 11 is 0. The second-order valence-corrected chi connectivity index (χ2v) is 2.42. The molecule has 0 aliphatic rings. The van der Waals surface area contributed by atoms with Crippen LogP contribution in [0.2, 0.25) is 0 Å². The Morgan fingerprint density at radius 2 is 2.23 bits per heavy atom. The van der Waals surface area contributed by atoms with Crippen molar-refractivity contribution in [2.24, 2.45) is 0 Å². The van der Waals surface area contributed by atoms with Gasteiger partial charge in [0, 0.05) is 26.0 Å². The summed E-state index contributed by atoms with van der Waals surface area (Å²) in [6.45, 7) is 5.02. The van der Waals surface area contributed by atoms with Gasteiger partial charge in [-0.3, -0.25) is 0 Å². The van der Waals surface area contributed by atoms with Crippen LogP contribution in [0.25, 0.3) is 0 Å². The molecule has 13 heavy (non-hydrogen) atoms. The van der Waals surface area contributed by atoms with Crippen LogP contribution in [0.5, 0.6) is 0 Å². The molecular weight excluding hydrogens is 166 g/mol. The molecule has 70 valence electrons. The average Bonchev–Trinajstić information content (AvgIpc) is 2.21. The minimum absolute atomic E-state index is 0.629. The van der Waals surface area contributed by atoms with Crippen LogP contribution >= 0.6 is 0 Å². The maximum Gasteiger partial charge on any atom is 0.229 e. The van der Waals surface area contributed by atoms with Gasteiger partial charge in [-0.25, -0.2) is 9.97 Å². The lowest BCUT2D eigenvalue weighted by Crippen LogP contribution is -2.22. The molecule has 1 aromatic heterocycles. The van der Waals surface area contributed by atoms with Crippen LogP contribution in [-0.2, 0) is 4.74 Å². The zero-order valence-corrected chi connectivity index (χ0v) is 7.68. The van der Waals surface area contributed by atoms with Crippen LogP contribution in [0.15, 0.2) is 31.2 Å². The molecule has 1 aromatic rings. The smallest absolute Gasteiger partial charge is 0.229 e. The lowest BCUT2D eigenvalue weighted by Gasteiger charge is -2.16. The Balaban J connectivity index is 2.61. The van der Waals surface area contributed by atoms with E-state index in [-0.39, 0.29) is 0 Å². The predicted octanol–water partition coefficient (Wildman–Crippen LogP) is 1.07. The summed E-state index contributed by atoms with van der Waals surface area (Å²) in [6.07, 6.45) is 5.09. The van der Waals surface area contributed by atoms with E-state index in [2.05, 4.69) is 16.5 Å². The number of rotatable bonds is 5. The van der Waals surface area contributed by atoms with Gasteiger partial charge >= 0.3 is 0 Å². The van der Waals surface area contributed by atoms with Crippen LogP contribution in [-0.4, -0.2) is 30.2 Å². The van der Waals surface area contributed by atoms with Gasteiger partial charge in [0.05, 0.1) is 6.61 Å². The van der Waals surface area contributed by atoms with Crippen molar-refractivity contribution in [3.63, 3.8) is 0 Å². The molecule has 4 heteroatoms. The van der Waals surface area contributed by atoms with E-state index in [0.29, 0.717) is 19.1 Å². The summed E-state index contributed by atoms with van der Waals surface area (Å²) in [5.74, 6) is 0.648. The van der Waals surface area contributed by atoms with E-state index in [4.69, 9.17) is 4.74 Å².